The zero-order chi connectivity index (χ0) is 19.9. The summed E-state index contributed by atoms with van der Waals surface area (Å²) in [7, 11) is 1.57. The van der Waals surface area contributed by atoms with Crippen molar-refractivity contribution in [1.29, 1.82) is 0 Å². The molecule has 28 heavy (non-hydrogen) atoms. The monoisotopic (exact) mass is 379 g/mol. The van der Waals surface area contributed by atoms with Gasteiger partial charge in [0.1, 0.15) is 11.5 Å². The van der Waals surface area contributed by atoms with Gasteiger partial charge in [-0.05, 0) is 23.3 Å². The number of ketones is 1. The number of nitrogens with one attached hydrogen (secondary N) is 1. The normalized spacial score (nSPS) is 29.5. The van der Waals surface area contributed by atoms with Crippen LogP contribution in [0, 0.1) is 11.3 Å². The van der Waals surface area contributed by atoms with Crippen LogP contribution in [0.25, 0.3) is 0 Å². The number of benzene rings is 2. The highest BCUT2D eigenvalue weighted by Crippen LogP contribution is 2.58. The minimum absolute atomic E-state index is 0.0211. The van der Waals surface area contributed by atoms with Gasteiger partial charge < -0.3 is 9.57 Å². The van der Waals surface area contributed by atoms with Gasteiger partial charge >= 0.3 is 5.97 Å². The van der Waals surface area contributed by atoms with Crippen LogP contribution < -0.4 is 10.2 Å². The molecule has 1 heterocycles. The lowest BCUT2D eigenvalue weighted by atomic mass is 9.53. The summed E-state index contributed by atoms with van der Waals surface area (Å²) < 4.78 is 5.21. The zero-order valence-electron chi connectivity index (χ0n) is 15.7. The third-order valence-electron chi connectivity index (χ3n) is 6.08. The molecule has 0 bridgehead atoms. The SMILES string of the molecule is COc1ccc([C@H]2CC(=O)[C@H](C)[C@@H](c3ccccc3)C23C(=O)NOC3=O)cc1. The van der Waals surface area contributed by atoms with E-state index in [0.717, 1.165) is 11.1 Å². The van der Waals surface area contributed by atoms with Gasteiger partial charge in [-0.3, -0.25) is 9.59 Å². The Morgan fingerprint density at radius 3 is 2.25 bits per heavy atom. The van der Waals surface area contributed by atoms with E-state index in [9.17, 15) is 14.4 Å². The van der Waals surface area contributed by atoms with Gasteiger partial charge in [0.05, 0.1) is 7.11 Å². The van der Waals surface area contributed by atoms with Gasteiger partial charge in [-0.25, -0.2) is 4.79 Å². The van der Waals surface area contributed by atoms with E-state index in [1.54, 1.807) is 38.3 Å². The Balaban J connectivity index is 1.93. The van der Waals surface area contributed by atoms with Crippen LogP contribution in [-0.4, -0.2) is 24.8 Å². The summed E-state index contributed by atoms with van der Waals surface area (Å²) in [5.41, 5.74) is 2.27. The molecule has 4 atom stereocenters. The summed E-state index contributed by atoms with van der Waals surface area (Å²) >= 11 is 0. The first-order valence-corrected chi connectivity index (χ1v) is 9.23. The van der Waals surface area contributed by atoms with E-state index in [1.807, 2.05) is 30.3 Å². The van der Waals surface area contributed by atoms with Crippen molar-refractivity contribution in [1.82, 2.24) is 5.48 Å². The lowest BCUT2D eigenvalue weighted by Crippen LogP contribution is -2.53. The summed E-state index contributed by atoms with van der Waals surface area (Å²) in [4.78, 5) is 44.1. The van der Waals surface area contributed by atoms with Crippen LogP contribution in [-0.2, 0) is 19.2 Å². The van der Waals surface area contributed by atoms with Gasteiger partial charge in [-0.2, -0.15) is 5.48 Å². The number of rotatable bonds is 3. The summed E-state index contributed by atoms with van der Waals surface area (Å²) in [6.07, 6.45) is 0.0966. The molecule has 2 aliphatic rings. The van der Waals surface area contributed by atoms with E-state index >= 15 is 0 Å². The fraction of sp³-hybridized carbons (Fsp3) is 0.318. The van der Waals surface area contributed by atoms with Crippen molar-refractivity contribution < 1.29 is 24.0 Å². The Hall–Kier alpha value is -3.15. The largest absolute Gasteiger partial charge is 0.497 e. The van der Waals surface area contributed by atoms with Crippen molar-refractivity contribution in [3.8, 4) is 5.75 Å². The van der Waals surface area contributed by atoms with Crippen molar-refractivity contribution in [3.05, 3.63) is 65.7 Å². The minimum Gasteiger partial charge on any atom is -0.497 e. The molecule has 6 heteroatoms. The molecule has 2 aromatic rings. The molecule has 0 radical (unpaired) electrons. The van der Waals surface area contributed by atoms with Crippen LogP contribution in [0.1, 0.15) is 36.3 Å². The number of hydrogen-bond acceptors (Lipinski definition) is 5. The first-order valence-electron chi connectivity index (χ1n) is 9.23. The van der Waals surface area contributed by atoms with Gasteiger partial charge in [-0.1, -0.05) is 49.4 Å². The minimum atomic E-state index is -1.50. The van der Waals surface area contributed by atoms with Crippen molar-refractivity contribution in [2.45, 2.75) is 25.2 Å². The average molecular weight is 379 g/mol. The lowest BCUT2D eigenvalue weighted by molar-refractivity contribution is -0.156. The van der Waals surface area contributed by atoms with E-state index in [2.05, 4.69) is 5.48 Å². The van der Waals surface area contributed by atoms with Crippen molar-refractivity contribution in [2.75, 3.05) is 7.11 Å². The van der Waals surface area contributed by atoms with E-state index in [-0.39, 0.29) is 12.2 Å². The molecule has 2 fully saturated rings. The molecule has 0 aromatic heterocycles. The lowest BCUT2D eigenvalue weighted by Gasteiger charge is -2.45. The van der Waals surface area contributed by atoms with Crippen LogP contribution in [0.5, 0.6) is 5.75 Å². The van der Waals surface area contributed by atoms with Crippen LogP contribution >= 0.6 is 0 Å². The Kier molecular flexibility index (Phi) is 4.41. The van der Waals surface area contributed by atoms with Gasteiger partial charge in [0.25, 0.3) is 5.91 Å². The molecule has 2 aromatic carbocycles. The molecule has 1 spiro atoms. The standard InChI is InChI=1S/C22H21NO5/c1-13-18(24)12-17(14-8-10-16(27-2)11-9-14)22(20(25)23-28-21(22)26)19(13)15-6-4-3-5-7-15/h3-11,13,17,19H,12H2,1-2H3,(H,23,25)/t13-,17+,19-,22?/m0/s1. The van der Waals surface area contributed by atoms with Crippen LogP contribution in [0.4, 0.5) is 0 Å². The number of hydroxylamine groups is 1. The smallest absolute Gasteiger partial charge is 0.349 e. The fourth-order valence-corrected chi connectivity index (χ4v) is 4.70. The highest BCUT2D eigenvalue weighted by molar-refractivity contribution is 6.10. The predicted octanol–water partition coefficient (Wildman–Crippen LogP) is 2.75. The summed E-state index contributed by atoms with van der Waals surface area (Å²) in [6.45, 7) is 1.78. The summed E-state index contributed by atoms with van der Waals surface area (Å²) in [6, 6.07) is 16.4. The van der Waals surface area contributed by atoms with Gasteiger partial charge in [0, 0.05) is 24.2 Å². The highest BCUT2D eigenvalue weighted by atomic mass is 16.7. The second-order valence-electron chi connectivity index (χ2n) is 7.36. The number of methoxy groups -OCH3 is 1. The zero-order valence-corrected chi connectivity index (χ0v) is 15.7. The quantitative estimate of drug-likeness (QED) is 0.830. The van der Waals surface area contributed by atoms with Crippen molar-refractivity contribution in [2.24, 2.45) is 11.3 Å². The van der Waals surface area contributed by atoms with Crippen LogP contribution in [0.15, 0.2) is 54.6 Å². The maximum atomic E-state index is 13.1. The van der Waals surface area contributed by atoms with Crippen LogP contribution in [0.2, 0.25) is 0 Å². The number of hydrogen-bond donors (Lipinski definition) is 1. The van der Waals surface area contributed by atoms with E-state index in [1.165, 1.54) is 0 Å². The third-order valence-corrected chi connectivity index (χ3v) is 6.08. The number of carbonyl (C=O) groups is 3. The Morgan fingerprint density at radius 1 is 1.00 bits per heavy atom. The maximum absolute atomic E-state index is 13.1. The predicted molar refractivity (Wildman–Crippen MR) is 100 cm³/mol. The number of Topliss-reactive ketones (excluding diaryl/α,β-unsaturated/α-hetero) is 1. The van der Waals surface area contributed by atoms with E-state index in [0.29, 0.717) is 5.75 Å². The molecular formula is C22H21NO5. The molecule has 1 saturated carbocycles. The number of amides is 1. The van der Waals surface area contributed by atoms with E-state index in [4.69, 9.17) is 9.57 Å². The van der Waals surface area contributed by atoms with Gasteiger partial charge in [0.15, 0.2) is 5.41 Å². The molecule has 1 aliphatic carbocycles. The first-order chi connectivity index (χ1) is 13.5. The Bertz CT molecular complexity index is 906. The molecule has 1 amide bonds. The molecule has 4 rings (SSSR count). The molecule has 1 N–H and O–H groups in total. The van der Waals surface area contributed by atoms with Crippen molar-refractivity contribution >= 4 is 17.7 Å². The third kappa shape index (κ3) is 2.52. The maximum Gasteiger partial charge on any atom is 0.349 e. The topological polar surface area (TPSA) is 81.7 Å². The number of ether oxygens (including phenoxy) is 1. The summed E-state index contributed by atoms with van der Waals surface area (Å²) in [5, 5.41) is 0. The molecule has 144 valence electrons. The summed E-state index contributed by atoms with van der Waals surface area (Å²) in [5.74, 6) is -2.18. The highest BCUT2D eigenvalue weighted by Gasteiger charge is 2.67. The fourth-order valence-electron chi connectivity index (χ4n) is 4.70. The number of carbonyl (C=O) groups excluding carboxylic acids is 3. The second kappa shape index (κ2) is 6.78. The Labute approximate surface area is 162 Å². The van der Waals surface area contributed by atoms with E-state index < -0.39 is 35.0 Å². The molecule has 1 saturated heterocycles. The van der Waals surface area contributed by atoms with Gasteiger partial charge in [-0.15, -0.1) is 0 Å². The molecule has 6 nitrogen and oxygen atoms in total. The van der Waals surface area contributed by atoms with Crippen molar-refractivity contribution in [3.63, 3.8) is 0 Å². The second-order valence-corrected chi connectivity index (χ2v) is 7.36. The Morgan fingerprint density at radius 2 is 1.68 bits per heavy atom. The molecular weight excluding hydrogens is 358 g/mol. The average Bonchev–Trinajstić information content (AvgIpc) is 3.01. The first kappa shape index (κ1) is 18.2. The van der Waals surface area contributed by atoms with Crippen LogP contribution in [0.3, 0.4) is 0 Å². The van der Waals surface area contributed by atoms with Gasteiger partial charge in [0.2, 0.25) is 0 Å². The molecule has 1 unspecified atom stereocenters. The molecule has 1 aliphatic heterocycles.